The molecule has 0 aliphatic carbocycles. The largest absolute Gasteiger partial charge is 0.478 e. The molecule has 7 nitrogen and oxygen atoms in total. The minimum atomic E-state index is -1.13. The van der Waals surface area contributed by atoms with Crippen LogP contribution in [0, 0.1) is 0 Å². The van der Waals surface area contributed by atoms with Gasteiger partial charge in [0.2, 0.25) is 0 Å². The molecule has 1 aromatic carbocycles. The van der Waals surface area contributed by atoms with Gasteiger partial charge in [-0.2, -0.15) is 0 Å². The summed E-state index contributed by atoms with van der Waals surface area (Å²) in [7, 11) is 0. The second kappa shape index (κ2) is 13.1. The smallest absolute Gasteiger partial charge is 0.339 e. The number of carbonyl (C=O) groups is 3. The Morgan fingerprint density at radius 1 is 0.958 bits per heavy atom. The van der Waals surface area contributed by atoms with Crippen molar-refractivity contribution in [3.8, 4) is 0 Å². The second-order valence-electron chi connectivity index (χ2n) is 4.72. The Labute approximate surface area is 141 Å². The van der Waals surface area contributed by atoms with E-state index in [0.29, 0.717) is 19.6 Å². The van der Waals surface area contributed by atoms with E-state index in [1.54, 1.807) is 12.1 Å². The lowest BCUT2D eigenvalue weighted by atomic mass is 10.1. The van der Waals surface area contributed by atoms with Gasteiger partial charge in [-0.25, -0.2) is 14.4 Å². The monoisotopic (exact) mass is 340 g/mol. The molecule has 0 radical (unpaired) electrons. The molecule has 2 N–H and O–H groups in total. The van der Waals surface area contributed by atoms with E-state index in [1.165, 1.54) is 12.1 Å². The van der Waals surface area contributed by atoms with Crippen LogP contribution >= 0.6 is 0 Å². The number of benzene rings is 1. The number of unbranched alkanes of at least 4 members (excludes halogenated alkanes) is 1. The lowest BCUT2D eigenvalue weighted by Gasteiger charge is -2.05. The van der Waals surface area contributed by atoms with Crippen LogP contribution in [0.3, 0.4) is 0 Å². The zero-order chi connectivity index (χ0) is 18.4. The second-order valence-corrected chi connectivity index (χ2v) is 4.72. The molecule has 0 saturated carbocycles. The summed E-state index contributed by atoms with van der Waals surface area (Å²) in [6, 6.07) is 6.00. The van der Waals surface area contributed by atoms with Gasteiger partial charge in [-0.3, -0.25) is 0 Å². The maximum absolute atomic E-state index is 11.4. The van der Waals surface area contributed by atoms with Gasteiger partial charge in [-0.15, -0.1) is 0 Å². The lowest BCUT2D eigenvalue weighted by molar-refractivity contribution is -0.146. The first-order chi connectivity index (χ1) is 11.5. The molecule has 0 aromatic heterocycles. The Hall–Kier alpha value is -2.41. The number of hydrogen-bond acceptors (Lipinski definition) is 6. The van der Waals surface area contributed by atoms with Crippen LogP contribution in [0.2, 0.25) is 0 Å². The van der Waals surface area contributed by atoms with E-state index in [2.05, 4.69) is 4.74 Å². The number of carbonyl (C=O) groups excluding carboxylic acids is 2. The summed E-state index contributed by atoms with van der Waals surface area (Å²) in [4.78, 5) is 32.4. The molecule has 0 spiro atoms. The van der Waals surface area contributed by atoms with Gasteiger partial charge in [0.05, 0.1) is 24.3 Å². The topological polar surface area (TPSA) is 110 Å². The number of aromatic carboxylic acids is 1. The van der Waals surface area contributed by atoms with Gasteiger partial charge in [-0.1, -0.05) is 32.4 Å². The molecule has 1 aromatic rings. The van der Waals surface area contributed by atoms with Crippen molar-refractivity contribution < 1.29 is 34.1 Å². The molecule has 0 amide bonds. The van der Waals surface area contributed by atoms with Crippen molar-refractivity contribution in [1.82, 2.24) is 0 Å². The quantitative estimate of drug-likeness (QED) is 0.551. The van der Waals surface area contributed by atoms with Crippen LogP contribution in [-0.4, -0.2) is 47.9 Å². The van der Waals surface area contributed by atoms with E-state index in [1.807, 2.05) is 13.8 Å². The maximum Gasteiger partial charge on any atom is 0.339 e. The normalized spacial score (nSPS) is 9.46. The summed E-state index contributed by atoms with van der Waals surface area (Å²) < 4.78 is 9.41. The van der Waals surface area contributed by atoms with Gasteiger partial charge in [0.15, 0.2) is 0 Å². The number of ether oxygens (including phenoxy) is 2. The molecule has 134 valence electrons. The zero-order valence-electron chi connectivity index (χ0n) is 14.0. The third-order valence-corrected chi connectivity index (χ3v) is 2.70. The Morgan fingerprint density at radius 3 is 2.08 bits per heavy atom. The fraction of sp³-hybridized carbons (Fsp3) is 0.471. The number of aliphatic hydroxyl groups excluding tert-OH is 1. The average molecular weight is 340 g/mol. The Balaban J connectivity index is 0.000000506. The number of carboxylic acids is 1. The summed E-state index contributed by atoms with van der Waals surface area (Å²) in [5.74, 6) is -2.25. The third-order valence-electron chi connectivity index (χ3n) is 2.70. The van der Waals surface area contributed by atoms with Crippen LogP contribution in [0.25, 0.3) is 0 Å². The minimum absolute atomic E-state index is 0.0291. The SMILES string of the molecule is CCCCOC(=O)CO.CCCOC(=O)c1ccccc1C(=O)O. The van der Waals surface area contributed by atoms with Crippen LogP contribution in [0.5, 0.6) is 0 Å². The Bertz CT molecular complexity index is 525. The summed E-state index contributed by atoms with van der Waals surface area (Å²) in [6.45, 7) is 4.09. The first-order valence-electron chi connectivity index (χ1n) is 7.73. The predicted octanol–water partition coefficient (Wildman–Crippen LogP) is 2.27. The molecule has 0 fully saturated rings. The number of carboxylic acid groups (broad SMARTS) is 1. The van der Waals surface area contributed by atoms with E-state index in [0.717, 1.165) is 12.8 Å². The van der Waals surface area contributed by atoms with Crippen LogP contribution in [-0.2, 0) is 14.3 Å². The highest BCUT2D eigenvalue weighted by Crippen LogP contribution is 2.10. The minimum Gasteiger partial charge on any atom is -0.478 e. The van der Waals surface area contributed by atoms with Crippen molar-refractivity contribution in [2.24, 2.45) is 0 Å². The standard InChI is InChI=1S/C11H12O4.C6H12O3/c1-2-7-15-11(14)9-6-4-3-5-8(9)10(12)13;1-2-3-4-9-6(8)5-7/h3-6H,2,7H2,1H3,(H,12,13);7H,2-5H2,1H3. The van der Waals surface area contributed by atoms with Crippen LogP contribution < -0.4 is 0 Å². The number of hydrogen-bond donors (Lipinski definition) is 2. The highest BCUT2D eigenvalue weighted by molar-refractivity contribution is 6.02. The van der Waals surface area contributed by atoms with Gasteiger partial charge in [-0.05, 0) is 25.0 Å². The molecule has 0 saturated heterocycles. The molecule has 1 rings (SSSR count). The number of aliphatic hydroxyl groups is 1. The van der Waals surface area contributed by atoms with Crippen molar-refractivity contribution in [2.45, 2.75) is 33.1 Å². The van der Waals surface area contributed by atoms with Crippen LogP contribution in [0.1, 0.15) is 53.8 Å². The highest BCUT2D eigenvalue weighted by atomic mass is 16.5. The molecular weight excluding hydrogens is 316 g/mol. The first kappa shape index (κ1) is 21.6. The molecule has 0 atom stereocenters. The fourth-order valence-electron chi connectivity index (χ4n) is 1.50. The summed E-state index contributed by atoms with van der Waals surface area (Å²) in [6.07, 6.45) is 2.57. The predicted molar refractivity (Wildman–Crippen MR) is 86.9 cm³/mol. The summed E-state index contributed by atoms with van der Waals surface area (Å²) in [5, 5.41) is 17.0. The van der Waals surface area contributed by atoms with Crippen molar-refractivity contribution in [1.29, 1.82) is 0 Å². The zero-order valence-corrected chi connectivity index (χ0v) is 14.0. The molecule has 7 heteroatoms. The summed E-state index contributed by atoms with van der Waals surface area (Å²) >= 11 is 0. The molecule has 0 heterocycles. The molecule has 0 bridgehead atoms. The molecular formula is C17H24O7. The van der Waals surface area contributed by atoms with Crippen molar-refractivity contribution in [3.63, 3.8) is 0 Å². The van der Waals surface area contributed by atoms with Gasteiger partial charge in [0.25, 0.3) is 0 Å². The van der Waals surface area contributed by atoms with Gasteiger partial charge in [0.1, 0.15) is 6.61 Å². The van der Waals surface area contributed by atoms with Gasteiger partial charge >= 0.3 is 17.9 Å². The average Bonchev–Trinajstić information content (AvgIpc) is 2.60. The molecule has 0 aliphatic heterocycles. The van der Waals surface area contributed by atoms with Crippen LogP contribution in [0.15, 0.2) is 24.3 Å². The number of rotatable bonds is 8. The summed E-state index contributed by atoms with van der Waals surface area (Å²) in [5.41, 5.74) is 0.0667. The van der Waals surface area contributed by atoms with E-state index >= 15 is 0 Å². The Morgan fingerprint density at radius 2 is 1.58 bits per heavy atom. The van der Waals surface area contributed by atoms with Crippen molar-refractivity contribution in [2.75, 3.05) is 19.8 Å². The van der Waals surface area contributed by atoms with E-state index in [4.69, 9.17) is 14.9 Å². The number of esters is 2. The van der Waals surface area contributed by atoms with Crippen molar-refractivity contribution >= 4 is 17.9 Å². The van der Waals surface area contributed by atoms with E-state index in [-0.39, 0.29) is 11.1 Å². The van der Waals surface area contributed by atoms with Gasteiger partial charge in [0, 0.05) is 0 Å². The van der Waals surface area contributed by atoms with Crippen LogP contribution in [0.4, 0.5) is 0 Å². The maximum atomic E-state index is 11.4. The first-order valence-corrected chi connectivity index (χ1v) is 7.73. The fourth-order valence-corrected chi connectivity index (χ4v) is 1.50. The van der Waals surface area contributed by atoms with Gasteiger partial charge < -0.3 is 19.7 Å². The van der Waals surface area contributed by atoms with E-state index < -0.39 is 24.5 Å². The van der Waals surface area contributed by atoms with E-state index in [9.17, 15) is 14.4 Å². The lowest BCUT2D eigenvalue weighted by Crippen LogP contribution is -2.11. The third kappa shape index (κ3) is 8.89. The Kier molecular flexibility index (Phi) is 11.8. The highest BCUT2D eigenvalue weighted by Gasteiger charge is 2.16. The molecule has 0 aliphatic rings. The molecule has 24 heavy (non-hydrogen) atoms. The van der Waals surface area contributed by atoms with Crippen molar-refractivity contribution in [3.05, 3.63) is 35.4 Å². The molecule has 0 unspecified atom stereocenters.